The summed E-state index contributed by atoms with van der Waals surface area (Å²) in [6.45, 7) is 16.7. The van der Waals surface area contributed by atoms with Crippen molar-refractivity contribution in [2.45, 2.75) is 64.2 Å². The lowest BCUT2D eigenvalue weighted by Crippen LogP contribution is -2.21. The summed E-state index contributed by atoms with van der Waals surface area (Å²) in [7, 11) is 0. The van der Waals surface area contributed by atoms with E-state index in [1.807, 2.05) is 6.92 Å². The largest absolute Gasteiger partial charge is 0.508 e. The smallest absolute Gasteiger partial charge is 0.189 e. The summed E-state index contributed by atoms with van der Waals surface area (Å²) in [5.41, 5.74) is 2.29. The van der Waals surface area contributed by atoms with Crippen LogP contribution in [0.1, 0.15) is 59.6 Å². The second-order valence-electron chi connectivity index (χ2n) is 9.26. The van der Waals surface area contributed by atoms with Crippen molar-refractivity contribution >= 4 is 11.8 Å². The first-order chi connectivity index (χ1) is 14.0. The highest BCUT2D eigenvalue weighted by molar-refractivity contribution is 7.99. The molecule has 0 aliphatic rings. The van der Waals surface area contributed by atoms with Crippen molar-refractivity contribution in [3.63, 3.8) is 0 Å². The third kappa shape index (κ3) is 6.85. The molecule has 0 amide bonds. The molecule has 0 heterocycles. The molecule has 2 aromatic rings. The highest BCUT2D eigenvalue weighted by atomic mass is 32.2. The van der Waals surface area contributed by atoms with Gasteiger partial charge in [-0.15, -0.1) is 11.8 Å². The van der Waals surface area contributed by atoms with E-state index in [4.69, 9.17) is 14.2 Å². The molecule has 30 heavy (non-hydrogen) atoms. The average Bonchev–Trinajstić information content (AvgIpc) is 2.65. The summed E-state index contributed by atoms with van der Waals surface area (Å²) in [6, 6.07) is 11.2. The van der Waals surface area contributed by atoms with Gasteiger partial charge in [0, 0.05) is 22.8 Å². The number of rotatable bonds is 9. The van der Waals surface area contributed by atoms with Crippen molar-refractivity contribution in [1.29, 1.82) is 0 Å². The number of aromatic hydroxyl groups is 1. The van der Waals surface area contributed by atoms with E-state index in [9.17, 15) is 5.11 Å². The van der Waals surface area contributed by atoms with Crippen LogP contribution >= 0.6 is 11.8 Å². The van der Waals surface area contributed by atoms with Gasteiger partial charge in [0.15, 0.2) is 6.79 Å². The van der Waals surface area contributed by atoms with Crippen molar-refractivity contribution in [1.82, 2.24) is 0 Å². The molecule has 5 heteroatoms. The van der Waals surface area contributed by atoms with Gasteiger partial charge in [0.25, 0.3) is 0 Å². The lowest BCUT2D eigenvalue weighted by atomic mass is 9.79. The summed E-state index contributed by atoms with van der Waals surface area (Å²) < 4.78 is 17.5. The molecular weight excluding hydrogens is 396 g/mol. The molecule has 0 unspecified atom stereocenters. The van der Waals surface area contributed by atoms with E-state index >= 15 is 0 Å². The van der Waals surface area contributed by atoms with Gasteiger partial charge in [-0.05, 0) is 53.6 Å². The molecule has 0 bridgehead atoms. The normalized spacial score (nSPS) is 12.1. The van der Waals surface area contributed by atoms with Gasteiger partial charge in [0.05, 0.1) is 6.61 Å². The highest BCUT2D eigenvalue weighted by Crippen LogP contribution is 2.44. The minimum atomic E-state index is -0.0804. The average molecular weight is 433 g/mol. The van der Waals surface area contributed by atoms with Crippen LogP contribution in [0.15, 0.2) is 41.3 Å². The van der Waals surface area contributed by atoms with Gasteiger partial charge in [0.1, 0.15) is 17.2 Å². The topological polar surface area (TPSA) is 47.9 Å². The predicted molar refractivity (Wildman–Crippen MR) is 125 cm³/mol. The van der Waals surface area contributed by atoms with Crippen LogP contribution in [0.2, 0.25) is 0 Å². The monoisotopic (exact) mass is 432 g/mol. The maximum Gasteiger partial charge on any atom is 0.189 e. The Morgan fingerprint density at radius 2 is 1.53 bits per heavy atom. The molecule has 0 aliphatic heterocycles. The third-order valence-electron chi connectivity index (χ3n) is 4.61. The Morgan fingerprint density at radius 3 is 2.10 bits per heavy atom. The van der Waals surface area contributed by atoms with Gasteiger partial charge in [-0.1, -0.05) is 47.6 Å². The molecule has 2 rings (SSSR count). The van der Waals surface area contributed by atoms with Gasteiger partial charge in [-0.2, -0.15) is 0 Å². The second kappa shape index (κ2) is 10.5. The summed E-state index contributed by atoms with van der Waals surface area (Å²) in [4.78, 5) is 1.20. The number of phenolic OH excluding ortho intramolecular Hbond substituents is 1. The molecule has 0 atom stereocenters. The molecule has 0 radical (unpaired) electrons. The number of thioether (sulfide) groups is 1. The fraction of sp³-hybridized carbons (Fsp3) is 0.520. The molecule has 0 spiro atoms. The summed E-state index contributed by atoms with van der Waals surface area (Å²) in [6.07, 6.45) is 0. The van der Waals surface area contributed by atoms with Crippen molar-refractivity contribution in [3.8, 4) is 17.2 Å². The number of benzene rings is 2. The van der Waals surface area contributed by atoms with Crippen molar-refractivity contribution in [2.24, 2.45) is 0 Å². The lowest BCUT2D eigenvalue weighted by molar-refractivity contribution is 0.0201. The zero-order chi connectivity index (χ0) is 22.4. The molecule has 0 aromatic heterocycles. The summed E-state index contributed by atoms with van der Waals surface area (Å²) in [5.74, 6) is 2.75. The first-order valence-electron chi connectivity index (χ1n) is 10.5. The first-order valence-corrected chi connectivity index (χ1v) is 11.5. The Hall–Kier alpha value is -1.85. The maximum atomic E-state index is 9.39. The fourth-order valence-corrected chi connectivity index (χ4v) is 4.27. The van der Waals surface area contributed by atoms with Crippen molar-refractivity contribution < 1.29 is 19.3 Å². The Kier molecular flexibility index (Phi) is 8.51. The van der Waals surface area contributed by atoms with Gasteiger partial charge in [0.2, 0.25) is 0 Å². The fourth-order valence-electron chi connectivity index (χ4n) is 3.17. The Labute approximate surface area is 185 Å². The van der Waals surface area contributed by atoms with E-state index in [0.29, 0.717) is 13.2 Å². The minimum Gasteiger partial charge on any atom is -0.508 e. The van der Waals surface area contributed by atoms with Gasteiger partial charge < -0.3 is 19.3 Å². The molecule has 0 aliphatic carbocycles. The molecule has 2 aromatic carbocycles. The quantitative estimate of drug-likeness (QED) is 0.277. The molecule has 0 fully saturated rings. The SMILES string of the molecule is CCOCOc1c(C(C)(C)C)ccc(SCCOc2ccc(O)cc2)c1C(C)(C)C. The van der Waals surface area contributed by atoms with Crippen LogP contribution in [-0.2, 0) is 15.6 Å². The molecule has 1 N–H and O–H groups in total. The zero-order valence-electron chi connectivity index (χ0n) is 19.4. The molecular formula is C25H36O4S. The van der Waals surface area contributed by atoms with Gasteiger partial charge in [-0.25, -0.2) is 0 Å². The highest BCUT2D eigenvalue weighted by Gasteiger charge is 2.29. The standard InChI is InChI=1S/C25H36O4S/c1-8-27-17-29-23-20(24(2,3)4)13-14-21(22(23)25(5,6)7)30-16-15-28-19-11-9-18(26)10-12-19/h9-14,26H,8,15-17H2,1-7H3. The molecule has 4 nitrogen and oxygen atoms in total. The van der Waals surface area contributed by atoms with Gasteiger partial charge >= 0.3 is 0 Å². The Morgan fingerprint density at radius 1 is 0.867 bits per heavy atom. The van der Waals surface area contributed by atoms with E-state index in [1.165, 1.54) is 16.0 Å². The molecule has 0 saturated heterocycles. The minimum absolute atomic E-state index is 0.0350. The second-order valence-corrected chi connectivity index (χ2v) is 10.4. The van der Waals surface area contributed by atoms with Crippen LogP contribution in [0.25, 0.3) is 0 Å². The number of phenols is 1. The van der Waals surface area contributed by atoms with Crippen LogP contribution in [-0.4, -0.2) is 30.9 Å². The van der Waals surface area contributed by atoms with E-state index in [2.05, 4.69) is 53.7 Å². The molecule has 166 valence electrons. The zero-order valence-corrected chi connectivity index (χ0v) is 20.2. The summed E-state index contributed by atoms with van der Waals surface area (Å²) >= 11 is 1.77. The van der Waals surface area contributed by atoms with Crippen molar-refractivity contribution in [3.05, 3.63) is 47.5 Å². The third-order valence-corrected chi connectivity index (χ3v) is 5.64. The maximum absolute atomic E-state index is 9.39. The van der Waals surface area contributed by atoms with Crippen LogP contribution < -0.4 is 9.47 Å². The van der Waals surface area contributed by atoms with Crippen molar-refractivity contribution in [2.75, 3.05) is 25.8 Å². The predicted octanol–water partition coefficient (Wildman–Crippen LogP) is 6.53. The van der Waals surface area contributed by atoms with E-state index in [-0.39, 0.29) is 23.4 Å². The number of hydrogen-bond acceptors (Lipinski definition) is 5. The van der Waals surface area contributed by atoms with Gasteiger partial charge in [-0.3, -0.25) is 0 Å². The first kappa shape index (κ1) is 24.4. The van der Waals surface area contributed by atoms with Crippen LogP contribution in [0, 0.1) is 0 Å². The Balaban J connectivity index is 2.24. The summed E-state index contributed by atoms with van der Waals surface area (Å²) in [5, 5.41) is 9.39. The lowest BCUT2D eigenvalue weighted by Gasteiger charge is -2.31. The molecule has 0 saturated carbocycles. The van der Waals surface area contributed by atoms with E-state index in [0.717, 1.165) is 17.3 Å². The number of ether oxygens (including phenoxy) is 3. The number of hydrogen-bond donors (Lipinski definition) is 1. The van der Waals surface area contributed by atoms with Crippen LogP contribution in [0.3, 0.4) is 0 Å². The van der Waals surface area contributed by atoms with E-state index in [1.54, 1.807) is 36.0 Å². The van der Waals surface area contributed by atoms with Crippen LogP contribution in [0.4, 0.5) is 0 Å². The van der Waals surface area contributed by atoms with E-state index < -0.39 is 0 Å². The van der Waals surface area contributed by atoms with Crippen LogP contribution in [0.5, 0.6) is 17.2 Å². The Bertz CT molecular complexity index is 802.